The second-order valence-corrected chi connectivity index (χ2v) is 4.84. The Morgan fingerprint density at radius 3 is 2.61 bits per heavy atom. The van der Waals surface area contributed by atoms with Crippen molar-refractivity contribution in [1.82, 2.24) is 15.3 Å². The van der Waals surface area contributed by atoms with Crippen LogP contribution in [0, 0.1) is 11.7 Å². The average molecular weight is 252 g/mol. The zero-order valence-corrected chi connectivity index (χ0v) is 10.9. The number of rotatable bonds is 5. The highest BCUT2D eigenvalue weighted by atomic mass is 19.1. The molecule has 1 aliphatic heterocycles. The van der Waals surface area contributed by atoms with Crippen LogP contribution in [-0.2, 0) is 0 Å². The van der Waals surface area contributed by atoms with E-state index in [0.717, 1.165) is 44.9 Å². The van der Waals surface area contributed by atoms with Gasteiger partial charge in [-0.3, -0.25) is 0 Å². The Kier molecular flexibility index (Phi) is 4.87. The first-order valence-electron chi connectivity index (χ1n) is 6.72. The lowest BCUT2D eigenvalue weighted by Gasteiger charge is -2.32. The molecule has 0 atom stereocenters. The van der Waals surface area contributed by atoms with Gasteiger partial charge in [-0.25, -0.2) is 14.4 Å². The average Bonchev–Trinajstić information content (AvgIpc) is 2.41. The van der Waals surface area contributed by atoms with Gasteiger partial charge in [0.05, 0.1) is 12.4 Å². The highest BCUT2D eigenvalue weighted by molar-refractivity contribution is 5.29. The summed E-state index contributed by atoms with van der Waals surface area (Å²) in [5.41, 5.74) is 0. The van der Waals surface area contributed by atoms with Crippen LogP contribution < -0.4 is 10.2 Å². The molecule has 0 amide bonds. The lowest BCUT2D eigenvalue weighted by Crippen LogP contribution is -2.38. The Morgan fingerprint density at radius 1 is 1.33 bits per heavy atom. The number of nitrogens with one attached hydrogen (secondary N) is 1. The molecule has 1 saturated heterocycles. The lowest BCUT2D eigenvalue weighted by atomic mass is 9.97. The van der Waals surface area contributed by atoms with Gasteiger partial charge in [0.1, 0.15) is 0 Å². The van der Waals surface area contributed by atoms with Gasteiger partial charge in [0.15, 0.2) is 5.82 Å². The Balaban J connectivity index is 1.77. The summed E-state index contributed by atoms with van der Waals surface area (Å²) in [6.07, 6.45) is 5.95. The van der Waals surface area contributed by atoms with Gasteiger partial charge in [0.2, 0.25) is 5.95 Å². The summed E-state index contributed by atoms with van der Waals surface area (Å²) < 4.78 is 12.7. The number of hydrogen-bond donors (Lipinski definition) is 1. The van der Waals surface area contributed by atoms with Crippen molar-refractivity contribution in [2.24, 2.45) is 5.92 Å². The molecule has 1 aromatic rings. The summed E-state index contributed by atoms with van der Waals surface area (Å²) in [4.78, 5) is 10.2. The minimum absolute atomic E-state index is 0.377. The minimum atomic E-state index is -0.377. The van der Waals surface area contributed by atoms with Gasteiger partial charge >= 0.3 is 0 Å². The van der Waals surface area contributed by atoms with Crippen molar-refractivity contribution in [3.8, 4) is 0 Å². The van der Waals surface area contributed by atoms with Gasteiger partial charge in [0.25, 0.3) is 0 Å². The number of hydrogen-bond acceptors (Lipinski definition) is 4. The summed E-state index contributed by atoms with van der Waals surface area (Å²) in [7, 11) is 0. The second kappa shape index (κ2) is 6.64. The first-order valence-corrected chi connectivity index (χ1v) is 6.72. The molecule has 2 heterocycles. The predicted molar refractivity (Wildman–Crippen MR) is 70.1 cm³/mol. The maximum Gasteiger partial charge on any atom is 0.225 e. The van der Waals surface area contributed by atoms with Gasteiger partial charge < -0.3 is 10.2 Å². The molecule has 0 aliphatic carbocycles. The van der Waals surface area contributed by atoms with Crippen LogP contribution in [-0.4, -0.2) is 36.1 Å². The highest BCUT2D eigenvalue weighted by Gasteiger charge is 2.20. The van der Waals surface area contributed by atoms with E-state index < -0.39 is 0 Å². The zero-order chi connectivity index (χ0) is 12.8. The SMILES string of the molecule is CCCNCC1CCN(c2ncc(F)cn2)CC1. The molecule has 0 unspecified atom stereocenters. The topological polar surface area (TPSA) is 41.0 Å². The fourth-order valence-electron chi connectivity index (χ4n) is 2.29. The summed E-state index contributed by atoms with van der Waals surface area (Å²) in [5, 5.41) is 3.47. The third-order valence-electron chi connectivity index (χ3n) is 3.36. The van der Waals surface area contributed by atoms with Crippen molar-refractivity contribution in [2.75, 3.05) is 31.1 Å². The van der Waals surface area contributed by atoms with Crippen LogP contribution in [0.4, 0.5) is 10.3 Å². The van der Waals surface area contributed by atoms with Crippen molar-refractivity contribution in [3.63, 3.8) is 0 Å². The minimum Gasteiger partial charge on any atom is -0.341 e. The van der Waals surface area contributed by atoms with E-state index in [4.69, 9.17) is 0 Å². The fraction of sp³-hybridized carbons (Fsp3) is 0.692. The van der Waals surface area contributed by atoms with Crippen molar-refractivity contribution in [2.45, 2.75) is 26.2 Å². The van der Waals surface area contributed by atoms with E-state index in [1.165, 1.54) is 18.8 Å². The van der Waals surface area contributed by atoms with E-state index in [1.54, 1.807) is 0 Å². The summed E-state index contributed by atoms with van der Waals surface area (Å²) in [6, 6.07) is 0. The molecule has 4 nitrogen and oxygen atoms in total. The standard InChI is InChI=1S/C13H21FN4/c1-2-5-15-8-11-3-6-18(7-4-11)13-16-9-12(14)10-17-13/h9-11,15H,2-8H2,1H3. The Labute approximate surface area is 108 Å². The summed E-state index contributed by atoms with van der Waals surface area (Å²) in [5.74, 6) is 1.02. The number of aromatic nitrogens is 2. The molecule has 0 saturated carbocycles. The van der Waals surface area contributed by atoms with Crippen molar-refractivity contribution in [1.29, 1.82) is 0 Å². The smallest absolute Gasteiger partial charge is 0.225 e. The fourth-order valence-corrected chi connectivity index (χ4v) is 2.29. The largest absolute Gasteiger partial charge is 0.341 e. The van der Waals surface area contributed by atoms with E-state index in [2.05, 4.69) is 27.1 Å². The number of piperidine rings is 1. The van der Waals surface area contributed by atoms with Gasteiger partial charge in [0, 0.05) is 13.1 Å². The third-order valence-corrected chi connectivity index (χ3v) is 3.36. The van der Waals surface area contributed by atoms with Gasteiger partial charge in [-0.2, -0.15) is 0 Å². The number of halogens is 1. The highest BCUT2D eigenvalue weighted by Crippen LogP contribution is 2.19. The Bertz CT molecular complexity index is 347. The van der Waals surface area contributed by atoms with E-state index in [9.17, 15) is 4.39 Å². The molecule has 1 aliphatic rings. The van der Waals surface area contributed by atoms with E-state index in [0.29, 0.717) is 5.95 Å². The normalized spacial score (nSPS) is 17.1. The molecular formula is C13H21FN4. The quantitative estimate of drug-likeness (QED) is 0.812. The first kappa shape index (κ1) is 13.2. The molecule has 2 rings (SSSR count). The Morgan fingerprint density at radius 2 is 2.00 bits per heavy atom. The zero-order valence-electron chi connectivity index (χ0n) is 10.9. The van der Waals surface area contributed by atoms with Crippen molar-refractivity contribution >= 4 is 5.95 Å². The number of anilines is 1. The molecule has 0 radical (unpaired) electrons. The molecule has 0 bridgehead atoms. The molecule has 0 aromatic carbocycles. The summed E-state index contributed by atoms with van der Waals surface area (Å²) in [6.45, 7) is 6.31. The third kappa shape index (κ3) is 3.63. The van der Waals surface area contributed by atoms with Crippen LogP contribution in [0.3, 0.4) is 0 Å². The van der Waals surface area contributed by atoms with Crippen LogP contribution in [0.15, 0.2) is 12.4 Å². The molecule has 1 N–H and O–H groups in total. The van der Waals surface area contributed by atoms with Crippen molar-refractivity contribution in [3.05, 3.63) is 18.2 Å². The summed E-state index contributed by atoms with van der Waals surface area (Å²) >= 11 is 0. The first-order chi connectivity index (χ1) is 8.79. The van der Waals surface area contributed by atoms with E-state index >= 15 is 0 Å². The molecule has 100 valence electrons. The molecular weight excluding hydrogens is 231 g/mol. The van der Waals surface area contributed by atoms with Gasteiger partial charge in [-0.05, 0) is 38.3 Å². The van der Waals surface area contributed by atoms with E-state index in [-0.39, 0.29) is 5.82 Å². The maximum absolute atomic E-state index is 12.7. The van der Waals surface area contributed by atoms with Crippen molar-refractivity contribution < 1.29 is 4.39 Å². The monoisotopic (exact) mass is 252 g/mol. The second-order valence-electron chi connectivity index (χ2n) is 4.84. The molecule has 1 aromatic heterocycles. The molecule has 0 spiro atoms. The van der Waals surface area contributed by atoms with Gasteiger partial charge in [-0.1, -0.05) is 6.92 Å². The predicted octanol–water partition coefficient (Wildman–Crippen LogP) is 1.83. The Hall–Kier alpha value is -1.23. The van der Waals surface area contributed by atoms with Crippen LogP contribution in [0.5, 0.6) is 0 Å². The molecule has 18 heavy (non-hydrogen) atoms. The maximum atomic E-state index is 12.7. The van der Waals surface area contributed by atoms with Crippen LogP contribution in [0.25, 0.3) is 0 Å². The van der Waals surface area contributed by atoms with Gasteiger partial charge in [-0.15, -0.1) is 0 Å². The lowest BCUT2D eigenvalue weighted by molar-refractivity contribution is 0.381. The van der Waals surface area contributed by atoms with Crippen LogP contribution in [0.2, 0.25) is 0 Å². The van der Waals surface area contributed by atoms with Crippen LogP contribution in [0.1, 0.15) is 26.2 Å². The van der Waals surface area contributed by atoms with E-state index in [1.807, 2.05) is 0 Å². The number of nitrogens with zero attached hydrogens (tertiary/aromatic N) is 3. The molecule has 1 fully saturated rings. The van der Waals surface area contributed by atoms with Crippen LogP contribution >= 0.6 is 0 Å². The molecule has 5 heteroatoms.